The molecule has 2 N–H and O–H groups in total. The molecule has 0 radical (unpaired) electrons. The van der Waals surface area contributed by atoms with Crippen LogP contribution in [0.2, 0.25) is 0 Å². The van der Waals surface area contributed by atoms with E-state index in [0.717, 1.165) is 25.7 Å². The summed E-state index contributed by atoms with van der Waals surface area (Å²) >= 11 is 0. The molecule has 0 aromatic heterocycles. The molecule has 0 spiro atoms. The third kappa shape index (κ3) is 7.50. The first-order valence-corrected chi connectivity index (χ1v) is 10.9. The SMILES string of the molecule is CC(C)(C)OC(=O)N1CC[C@@H](NS(=O)(=O)NC2CCCCCCC2)C1. The smallest absolute Gasteiger partial charge is 0.410 e. The predicted octanol–water partition coefficient (Wildman–Crippen LogP) is 2.53. The summed E-state index contributed by atoms with van der Waals surface area (Å²) < 4.78 is 35.6. The van der Waals surface area contributed by atoms with Crippen LogP contribution in [-0.2, 0) is 14.9 Å². The van der Waals surface area contributed by atoms with Crippen molar-refractivity contribution in [1.29, 1.82) is 0 Å². The Hall–Kier alpha value is -0.860. The molecule has 146 valence electrons. The number of hydrogen-bond donors (Lipinski definition) is 2. The van der Waals surface area contributed by atoms with E-state index < -0.39 is 15.8 Å². The summed E-state index contributed by atoms with van der Waals surface area (Å²) in [7, 11) is -3.56. The lowest BCUT2D eigenvalue weighted by Crippen LogP contribution is -2.48. The predicted molar refractivity (Wildman–Crippen MR) is 97.5 cm³/mol. The first kappa shape index (κ1) is 20.5. The van der Waals surface area contributed by atoms with Crippen molar-refractivity contribution in [2.45, 2.75) is 89.8 Å². The van der Waals surface area contributed by atoms with Gasteiger partial charge in [-0.3, -0.25) is 0 Å². The molecule has 1 aliphatic heterocycles. The zero-order valence-corrected chi connectivity index (χ0v) is 16.5. The number of hydrogen-bond acceptors (Lipinski definition) is 4. The molecule has 1 saturated carbocycles. The minimum Gasteiger partial charge on any atom is -0.444 e. The van der Waals surface area contributed by atoms with Gasteiger partial charge in [0.05, 0.1) is 0 Å². The molecule has 25 heavy (non-hydrogen) atoms. The maximum atomic E-state index is 12.4. The van der Waals surface area contributed by atoms with Gasteiger partial charge in [-0.2, -0.15) is 17.9 Å². The van der Waals surface area contributed by atoms with Crippen molar-refractivity contribution < 1.29 is 17.9 Å². The van der Waals surface area contributed by atoms with Gasteiger partial charge in [0.15, 0.2) is 0 Å². The average Bonchev–Trinajstić information content (AvgIpc) is 2.87. The minimum atomic E-state index is -3.56. The Morgan fingerprint density at radius 1 is 0.960 bits per heavy atom. The number of carbonyl (C=O) groups is 1. The fraction of sp³-hybridized carbons (Fsp3) is 0.941. The first-order chi connectivity index (χ1) is 11.6. The molecule has 2 aliphatic rings. The lowest BCUT2D eigenvalue weighted by molar-refractivity contribution is 0.0292. The molecule has 1 heterocycles. The standard InChI is InChI=1S/C17H33N3O4S/c1-17(2,3)24-16(21)20-12-11-15(13-20)19-25(22,23)18-14-9-7-5-4-6-8-10-14/h14-15,18-19H,4-13H2,1-3H3/t15-/m1/s1. The maximum Gasteiger partial charge on any atom is 0.410 e. The van der Waals surface area contributed by atoms with E-state index in [2.05, 4.69) is 9.44 Å². The van der Waals surface area contributed by atoms with Crippen molar-refractivity contribution in [3.63, 3.8) is 0 Å². The number of nitrogens with zero attached hydrogens (tertiary/aromatic N) is 1. The van der Waals surface area contributed by atoms with E-state index in [1.54, 1.807) is 4.90 Å². The minimum absolute atomic E-state index is 0.0150. The van der Waals surface area contributed by atoms with Crippen LogP contribution >= 0.6 is 0 Å². The van der Waals surface area contributed by atoms with E-state index in [-0.39, 0.29) is 18.2 Å². The Bertz CT molecular complexity index is 537. The molecule has 1 atom stereocenters. The van der Waals surface area contributed by atoms with Crippen molar-refractivity contribution in [3.05, 3.63) is 0 Å². The third-order valence-electron chi connectivity index (χ3n) is 4.59. The van der Waals surface area contributed by atoms with Crippen LogP contribution in [0, 0.1) is 0 Å². The summed E-state index contributed by atoms with van der Waals surface area (Å²) in [5.74, 6) is 0. The van der Waals surface area contributed by atoms with Gasteiger partial charge in [0.1, 0.15) is 5.60 Å². The zero-order chi connectivity index (χ0) is 18.5. The second-order valence-corrected chi connectivity index (χ2v) is 9.67. The number of rotatable bonds is 4. The summed E-state index contributed by atoms with van der Waals surface area (Å²) in [5, 5.41) is 0. The fourth-order valence-electron chi connectivity index (χ4n) is 3.40. The summed E-state index contributed by atoms with van der Waals surface area (Å²) in [6, 6.07) is -0.250. The Kier molecular flexibility index (Phi) is 7.10. The van der Waals surface area contributed by atoms with Crippen molar-refractivity contribution in [1.82, 2.24) is 14.3 Å². The van der Waals surface area contributed by atoms with E-state index in [4.69, 9.17) is 4.74 Å². The van der Waals surface area contributed by atoms with Gasteiger partial charge in [0.25, 0.3) is 10.2 Å². The summed E-state index contributed by atoms with van der Waals surface area (Å²) in [6.07, 6.45) is 7.77. The van der Waals surface area contributed by atoms with Gasteiger partial charge in [0, 0.05) is 25.2 Å². The molecule has 2 fully saturated rings. The molecular weight excluding hydrogens is 342 g/mol. The number of carbonyl (C=O) groups excluding carboxylic acids is 1. The van der Waals surface area contributed by atoms with E-state index >= 15 is 0 Å². The Morgan fingerprint density at radius 2 is 1.52 bits per heavy atom. The Labute approximate surface area is 152 Å². The van der Waals surface area contributed by atoms with Crippen LogP contribution in [0.1, 0.15) is 72.1 Å². The molecular formula is C17H33N3O4S. The van der Waals surface area contributed by atoms with Crippen molar-refractivity contribution >= 4 is 16.3 Å². The number of nitrogens with one attached hydrogen (secondary N) is 2. The molecule has 7 nitrogen and oxygen atoms in total. The van der Waals surface area contributed by atoms with Crippen LogP contribution in [0.25, 0.3) is 0 Å². The lowest BCUT2D eigenvalue weighted by Gasteiger charge is -2.25. The van der Waals surface area contributed by atoms with Crippen molar-refractivity contribution in [2.24, 2.45) is 0 Å². The monoisotopic (exact) mass is 375 g/mol. The topological polar surface area (TPSA) is 87.7 Å². The molecule has 0 unspecified atom stereocenters. The second-order valence-electron chi connectivity index (χ2n) is 8.19. The number of likely N-dealkylation sites (tertiary alicyclic amines) is 1. The number of amides is 1. The van der Waals surface area contributed by atoms with Gasteiger partial charge in [-0.05, 0) is 40.0 Å². The Balaban J connectivity index is 1.81. The van der Waals surface area contributed by atoms with Gasteiger partial charge in [-0.25, -0.2) is 4.79 Å². The summed E-state index contributed by atoms with van der Waals surface area (Å²) in [6.45, 7) is 6.31. The van der Waals surface area contributed by atoms with E-state index in [1.165, 1.54) is 19.3 Å². The normalized spacial score (nSPS) is 24.0. The molecule has 0 aromatic carbocycles. The van der Waals surface area contributed by atoms with Crippen LogP contribution in [0.3, 0.4) is 0 Å². The quantitative estimate of drug-likeness (QED) is 0.790. The van der Waals surface area contributed by atoms with Crippen molar-refractivity contribution in [2.75, 3.05) is 13.1 Å². The van der Waals surface area contributed by atoms with Gasteiger partial charge in [0.2, 0.25) is 0 Å². The highest BCUT2D eigenvalue weighted by atomic mass is 32.2. The largest absolute Gasteiger partial charge is 0.444 e. The molecule has 1 amide bonds. The average molecular weight is 376 g/mol. The lowest BCUT2D eigenvalue weighted by atomic mass is 9.97. The van der Waals surface area contributed by atoms with Gasteiger partial charge >= 0.3 is 6.09 Å². The van der Waals surface area contributed by atoms with Crippen LogP contribution in [-0.4, -0.2) is 50.2 Å². The summed E-state index contributed by atoms with van der Waals surface area (Å²) in [5.41, 5.74) is -0.547. The van der Waals surface area contributed by atoms with Crippen LogP contribution in [0.5, 0.6) is 0 Å². The van der Waals surface area contributed by atoms with E-state index in [9.17, 15) is 13.2 Å². The van der Waals surface area contributed by atoms with Crippen LogP contribution in [0.15, 0.2) is 0 Å². The number of ether oxygens (including phenoxy) is 1. The summed E-state index contributed by atoms with van der Waals surface area (Å²) in [4.78, 5) is 13.6. The van der Waals surface area contributed by atoms with Gasteiger partial charge in [-0.15, -0.1) is 0 Å². The highest BCUT2D eigenvalue weighted by molar-refractivity contribution is 7.87. The highest BCUT2D eigenvalue weighted by Crippen LogP contribution is 2.18. The fourth-order valence-corrected chi connectivity index (χ4v) is 4.77. The zero-order valence-electron chi connectivity index (χ0n) is 15.7. The Morgan fingerprint density at radius 3 is 2.12 bits per heavy atom. The van der Waals surface area contributed by atoms with Crippen LogP contribution < -0.4 is 9.44 Å². The van der Waals surface area contributed by atoms with Crippen LogP contribution in [0.4, 0.5) is 4.79 Å². The van der Waals surface area contributed by atoms with Gasteiger partial charge in [-0.1, -0.05) is 32.1 Å². The van der Waals surface area contributed by atoms with E-state index in [1.807, 2.05) is 20.8 Å². The second kappa shape index (κ2) is 8.68. The molecule has 1 saturated heterocycles. The van der Waals surface area contributed by atoms with Gasteiger partial charge < -0.3 is 9.64 Å². The van der Waals surface area contributed by atoms with E-state index in [0.29, 0.717) is 19.5 Å². The first-order valence-electron chi connectivity index (χ1n) is 9.42. The molecule has 2 rings (SSSR count). The molecule has 0 aromatic rings. The maximum absolute atomic E-state index is 12.4. The molecule has 0 bridgehead atoms. The molecule has 8 heteroatoms. The third-order valence-corrected chi connectivity index (χ3v) is 5.88. The highest BCUT2D eigenvalue weighted by Gasteiger charge is 2.32. The van der Waals surface area contributed by atoms with Crippen molar-refractivity contribution in [3.8, 4) is 0 Å². The molecule has 1 aliphatic carbocycles.